The van der Waals surface area contributed by atoms with E-state index >= 15 is 0 Å². The van der Waals surface area contributed by atoms with Gasteiger partial charge in [0.2, 0.25) is 0 Å². The van der Waals surface area contributed by atoms with Crippen LogP contribution in [0, 0.1) is 0 Å². The molecular formula is C15H22N4. The molecule has 2 aromatic rings. The van der Waals surface area contributed by atoms with Crippen LogP contribution in [0.4, 0.5) is 0 Å². The first kappa shape index (κ1) is 13.7. The molecule has 1 heterocycles. The van der Waals surface area contributed by atoms with Crippen LogP contribution >= 0.6 is 0 Å². The summed E-state index contributed by atoms with van der Waals surface area (Å²) in [6.07, 6.45) is 3.99. The summed E-state index contributed by atoms with van der Waals surface area (Å²) in [5.41, 5.74) is 1.38. The van der Waals surface area contributed by atoms with Gasteiger partial charge in [-0.15, -0.1) is 0 Å². The average molecular weight is 258 g/mol. The monoisotopic (exact) mass is 258 g/mol. The maximum Gasteiger partial charge on any atom is 0.164 e. The Bertz CT molecular complexity index is 476. The number of hydrogen-bond acceptors (Lipinski definition) is 3. The Kier molecular flexibility index (Phi) is 5.10. The van der Waals surface area contributed by atoms with Gasteiger partial charge in [0.05, 0.1) is 6.54 Å². The molecule has 4 heteroatoms. The first-order valence-electron chi connectivity index (χ1n) is 6.89. The van der Waals surface area contributed by atoms with Crippen molar-refractivity contribution in [3.05, 3.63) is 48.0 Å². The molecule has 0 aliphatic carbocycles. The van der Waals surface area contributed by atoms with Gasteiger partial charge in [0.25, 0.3) is 0 Å². The molecule has 0 aliphatic heterocycles. The van der Waals surface area contributed by atoms with E-state index in [0.29, 0.717) is 6.04 Å². The molecule has 0 saturated carbocycles. The predicted molar refractivity (Wildman–Crippen MR) is 76.8 cm³/mol. The van der Waals surface area contributed by atoms with E-state index < -0.39 is 0 Å². The summed E-state index contributed by atoms with van der Waals surface area (Å²) >= 11 is 0. The highest BCUT2D eigenvalue weighted by Crippen LogP contribution is 2.03. The van der Waals surface area contributed by atoms with E-state index in [4.69, 9.17) is 0 Å². The van der Waals surface area contributed by atoms with Crippen LogP contribution in [0.2, 0.25) is 0 Å². The Hall–Kier alpha value is -1.68. The molecular weight excluding hydrogens is 236 g/mol. The van der Waals surface area contributed by atoms with Crippen LogP contribution in [0.5, 0.6) is 0 Å². The van der Waals surface area contributed by atoms with Gasteiger partial charge < -0.3 is 5.32 Å². The van der Waals surface area contributed by atoms with Crippen molar-refractivity contribution in [2.45, 2.75) is 45.8 Å². The minimum Gasteiger partial charge on any atom is -0.308 e. The zero-order chi connectivity index (χ0) is 13.5. The Labute approximate surface area is 114 Å². The molecule has 0 aliphatic rings. The molecule has 0 fully saturated rings. The van der Waals surface area contributed by atoms with E-state index in [-0.39, 0.29) is 0 Å². The third-order valence-electron chi connectivity index (χ3n) is 2.95. The lowest BCUT2D eigenvalue weighted by atomic mass is 10.1. The Morgan fingerprint density at radius 1 is 1.21 bits per heavy atom. The summed E-state index contributed by atoms with van der Waals surface area (Å²) in [5.74, 6) is 0.869. The Morgan fingerprint density at radius 2 is 2.00 bits per heavy atom. The summed E-state index contributed by atoms with van der Waals surface area (Å²) in [4.78, 5) is 4.30. The molecule has 2 rings (SSSR count). The van der Waals surface area contributed by atoms with Crippen LogP contribution in [-0.4, -0.2) is 20.8 Å². The van der Waals surface area contributed by atoms with Crippen molar-refractivity contribution >= 4 is 0 Å². The third kappa shape index (κ3) is 4.83. The second kappa shape index (κ2) is 7.04. The highest BCUT2D eigenvalue weighted by molar-refractivity contribution is 5.14. The summed E-state index contributed by atoms with van der Waals surface area (Å²) in [6, 6.07) is 11.0. The minimum atomic E-state index is 0.463. The lowest BCUT2D eigenvalue weighted by molar-refractivity contribution is 0.545. The van der Waals surface area contributed by atoms with Crippen LogP contribution in [0.25, 0.3) is 0 Å². The first-order chi connectivity index (χ1) is 9.24. The number of benzene rings is 1. The second-order valence-electron chi connectivity index (χ2n) is 5.05. The van der Waals surface area contributed by atoms with Gasteiger partial charge in [-0.25, -0.2) is 4.98 Å². The summed E-state index contributed by atoms with van der Waals surface area (Å²) in [5, 5.41) is 7.78. The van der Waals surface area contributed by atoms with Crippen LogP contribution in [0.3, 0.4) is 0 Å². The van der Waals surface area contributed by atoms with Crippen LogP contribution in [0.1, 0.15) is 31.7 Å². The molecule has 102 valence electrons. The van der Waals surface area contributed by atoms with Crippen molar-refractivity contribution < 1.29 is 0 Å². The Balaban J connectivity index is 1.74. The summed E-state index contributed by atoms with van der Waals surface area (Å²) in [7, 11) is 0. The van der Waals surface area contributed by atoms with E-state index in [1.807, 2.05) is 11.0 Å². The molecule has 0 amide bonds. The molecule has 0 atom stereocenters. The van der Waals surface area contributed by atoms with E-state index in [2.05, 4.69) is 59.6 Å². The van der Waals surface area contributed by atoms with Crippen LogP contribution < -0.4 is 5.32 Å². The van der Waals surface area contributed by atoms with Gasteiger partial charge in [-0.1, -0.05) is 44.2 Å². The maximum absolute atomic E-state index is 4.46. The number of aryl methyl sites for hydroxylation is 2. The van der Waals surface area contributed by atoms with Crippen LogP contribution in [-0.2, 0) is 19.5 Å². The first-order valence-corrected chi connectivity index (χ1v) is 6.89. The van der Waals surface area contributed by atoms with Crippen molar-refractivity contribution in [3.63, 3.8) is 0 Å². The second-order valence-corrected chi connectivity index (χ2v) is 5.05. The van der Waals surface area contributed by atoms with Crippen molar-refractivity contribution in [2.24, 2.45) is 0 Å². The van der Waals surface area contributed by atoms with E-state index in [0.717, 1.165) is 31.8 Å². The molecule has 0 radical (unpaired) electrons. The normalized spacial score (nSPS) is 11.1. The maximum atomic E-state index is 4.46. The number of hydrogen-bond donors (Lipinski definition) is 1. The van der Waals surface area contributed by atoms with Crippen molar-refractivity contribution in [1.29, 1.82) is 0 Å². The Morgan fingerprint density at radius 3 is 2.74 bits per heavy atom. The van der Waals surface area contributed by atoms with Crippen molar-refractivity contribution in [2.75, 3.05) is 0 Å². The molecule has 4 nitrogen and oxygen atoms in total. The van der Waals surface area contributed by atoms with Gasteiger partial charge in [0, 0.05) is 12.6 Å². The lowest BCUT2D eigenvalue weighted by Crippen LogP contribution is -2.22. The minimum absolute atomic E-state index is 0.463. The number of nitrogens with zero attached hydrogens (tertiary/aromatic N) is 3. The lowest BCUT2D eigenvalue weighted by Gasteiger charge is -2.04. The topological polar surface area (TPSA) is 42.7 Å². The van der Waals surface area contributed by atoms with Gasteiger partial charge in [-0.05, 0) is 18.4 Å². The van der Waals surface area contributed by atoms with Gasteiger partial charge in [0.1, 0.15) is 6.33 Å². The largest absolute Gasteiger partial charge is 0.308 e. The molecule has 0 spiro atoms. The fourth-order valence-electron chi connectivity index (χ4n) is 1.91. The smallest absolute Gasteiger partial charge is 0.164 e. The zero-order valence-corrected chi connectivity index (χ0v) is 11.7. The molecule has 1 N–H and O–H groups in total. The van der Waals surface area contributed by atoms with Crippen LogP contribution in [0.15, 0.2) is 36.7 Å². The average Bonchev–Trinajstić information content (AvgIpc) is 2.86. The molecule has 19 heavy (non-hydrogen) atoms. The molecule has 0 saturated heterocycles. The van der Waals surface area contributed by atoms with Gasteiger partial charge in [-0.3, -0.25) is 4.68 Å². The number of nitrogens with one attached hydrogen (secondary N) is 1. The fourth-order valence-corrected chi connectivity index (χ4v) is 1.91. The number of rotatable bonds is 7. The van der Waals surface area contributed by atoms with E-state index in [1.165, 1.54) is 5.56 Å². The van der Waals surface area contributed by atoms with Gasteiger partial charge in [0.15, 0.2) is 5.82 Å². The molecule has 1 aromatic carbocycles. The third-order valence-corrected chi connectivity index (χ3v) is 2.95. The van der Waals surface area contributed by atoms with Crippen molar-refractivity contribution in [1.82, 2.24) is 20.1 Å². The highest BCUT2D eigenvalue weighted by atomic mass is 15.3. The van der Waals surface area contributed by atoms with E-state index in [1.54, 1.807) is 0 Å². The summed E-state index contributed by atoms with van der Waals surface area (Å²) in [6.45, 7) is 5.90. The fraction of sp³-hybridized carbons (Fsp3) is 0.467. The SMILES string of the molecule is CC(C)NCc1ncn(CCCc2ccccc2)n1. The van der Waals surface area contributed by atoms with Gasteiger partial charge in [-0.2, -0.15) is 5.10 Å². The molecule has 0 unspecified atom stereocenters. The highest BCUT2D eigenvalue weighted by Gasteiger charge is 2.01. The van der Waals surface area contributed by atoms with E-state index in [9.17, 15) is 0 Å². The standard InChI is InChI=1S/C15H22N4/c1-13(2)16-11-15-17-12-19(18-15)10-6-9-14-7-4-3-5-8-14/h3-5,7-8,12-13,16H,6,9-11H2,1-2H3. The summed E-state index contributed by atoms with van der Waals surface area (Å²) < 4.78 is 1.93. The molecule has 1 aromatic heterocycles. The van der Waals surface area contributed by atoms with Crippen molar-refractivity contribution in [3.8, 4) is 0 Å². The zero-order valence-electron chi connectivity index (χ0n) is 11.7. The number of aromatic nitrogens is 3. The quantitative estimate of drug-likeness (QED) is 0.829. The molecule has 0 bridgehead atoms. The predicted octanol–water partition coefficient (Wildman–Crippen LogP) is 2.41. The van der Waals surface area contributed by atoms with Gasteiger partial charge >= 0.3 is 0 Å².